The summed E-state index contributed by atoms with van der Waals surface area (Å²) in [7, 11) is 6.21. The van der Waals surface area contributed by atoms with E-state index in [1.165, 1.54) is 58.8 Å². The van der Waals surface area contributed by atoms with E-state index in [1.54, 1.807) is 7.11 Å². The van der Waals surface area contributed by atoms with Crippen LogP contribution in [0.25, 0.3) is 10.9 Å². The Kier molecular flexibility index (Phi) is 12.4. The van der Waals surface area contributed by atoms with Gasteiger partial charge in [0, 0.05) is 96.5 Å². The number of anilines is 1. The smallest absolute Gasteiger partial charge is 0.344 e. The minimum atomic E-state index is -2.33. The lowest BCUT2D eigenvalue weighted by atomic mass is 9.47. The third-order valence-electron chi connectivity index (χ3n) is 19.3. The number of ether oxygens (including phenoxy) is 4. The maximum atomic E-state index is 15.8. The highest BCUT2D eigenvalue weighted by molar-refractivity contribution is 5.96. The molecule has 14 nitrogen and oxygen atoms in total. The largest absolute Gasteiger partial charge is 0.496 e. The van der Waals surface area contributed by atoms with Crippen LogP contribution in [-0.2, 0) is 45.8 Å². The highest BCUT2D eigenvalue weighted by Crippen LogP contribution is 2.68. The van der Waals surface area contributed by atoms with Gasteiger partial charge in [-0.05, 0) is 111 Å². The SMILES string of the molecule is CC[C@]1(NC(=O)c2ccc(C3CCCCC3)cc2)C[C@H]2CN(CCc3c([nH]c4ccccc34)[C@@](C(=O)OC)(c3cc4c(cc3OC)N(C)[C@H]3[C@@](O)(C(=O)OC)[C@H](OC(C)=O)[C@]5(CC)C=CCN6CC[C@]43[C@@H]65)C2)C1. The molecule has 1 amide bonds. The van der Waals surface area contributed by atoms with E-state index < -0.39 is 57.4 Å². The van der Waals surface area contributed by atoms with E-state index in [-0.39, 0.29) is 17.9 Å². The van der Waals surface area contributed by atoms with Gasteiger partial charge in [0.15, 0.2) is 6.10 Å². The number of nitrogens with zero attached hydrogens (tertiary/aromatic N) is 3. The van der Waals surface area contributed by atoms with Crippen molar-refractivity contribution in [1.82, 2.24) is 20.1 Å². The highest BCUT2D eigenvalue weighted by Gasteiger charge is 2.80. The van der Waals surface area contributed by atoms with Gasteiger partial charge in [-0.15, -0.1) is 0 Å². The molecule has 2 saturated heterocycles. The lowest BCUT2D eigenvalue weighted by Gasteiger charge is -2.63. The molecule has 10 atom stereocenters. The summed E-state index contributed by atoms with van der Waals surface area (Å²) >= 11 is 0. The van der Waals surface area contributed by atoms with Gasteiger partial charge in [0.25, 0.3) is 5.91 Å². The van der Waals surface area contributed by atoms with Gasteiger partial charge in [0.2, 0.25) is 5.60 Å². The molecule has 6 heterocycles. The number of para-hydroxylation sites is 1. The zero-order valence-electron chi connectivity index (χ0n) is 43.7. The number of nitrogens with one attached hydrogen (secondary N) is 2. The number of rotatable bonds is 10. The van der Waals surface area contributed by atoms with Gasteiger partial charge in [0.05, 0.1) is 32.9 Å². The van der Waals surface area contributed by atoms with Gasteiger partial charge in [0.1, 0.15) is 11.2 Å². The molecule has 1 aromatic heterocycles. The number of amides is 1. The molecule has 3 N–H and O–H groups in total. The fourth-order valence-corrected chi connectivity index (χ4v) is 16.4. The second-order valence-electron chi connectivity index (χ2n) is 22.7. The van der Waals surface area contributed by atoms with Crippen LogP contribution in [0.5, 0.6) is 5.75 Å². The monoisotopic (exact) mass is 996 g/mol. The number of likely N-dealkylation sites (N-methyl/N-ethyl adjacent to an activating group) is 1. The molecule has 3 aromatic carbocycles. The Morgan fingerprint density at radius 3 is 2.33 bits per heavy atom. The summed E-state index contributed by atoms with van der Waals surface area (Å²) in [4.78, 5) is 68.8. The molecule has 73 heavy (non-hydrogen) atoms. The summed E-state index contributed by atoms with van der Waals surface area (Å²) in [6.45, 7) is 8.83. The predicted molar refractivity (Wildman–Crippen MR) is 278 cm³/mol. The number of benzene rings is 3. The maximum absolute atomic E-state index is 15.8. The molecular weight excluding hydrogens is 923 g/mol. The standard InChI is InChI=1S/C59H73N5O9/c1-8-55(61-49(66)40-22-20-39(21-23-40)38-16-11-10-12-17-38)32-37-33-58(53(67)71-6,48-42(24-28-63(34-37)35-55)41-18-13-14-19-45(41)60-48)44-30-43-46(31-47(44)70-5)62(4)51-57(43)26-29-64-27-15-25-56(9-2,50(57)64)52(73-36(3)65)59(51,69)54(68)72-7/h13-15,18-23,25,30-31,37-38,50-52,60,69H,8-12,16-17,24,26-29,32-35H2,1-7H3,(H,61,66)/t37-,50+,51-,52-,55+,56-,57-,58+,59+/m1/s1. The molecule has 0 radical (unpaired) electrons. The lowest BCUT2D eigenvalue weighted by molar-refractivity contribution is -0.228. The van der Waals surface area contributed by atoms with Crippen LogP contribution in [0.4, 0.5) is 5.69 Å². The number of carbonyl (C=O) groups excluding carboxylic acids is 4. The van der Waals surface area contributed by atoms with Crippen molar-refractivity contribution >= 4 is 40.4 Å². The Labute approximate surface area is 429 Å². The summed E-state index contributed by atoms with van der Waals surface area (Å²) in [6.07, 6.45) is 12.3. The van der Waals surface area contributed by atoms with Crippen molar-refractivity contribution in [2.45, 2.75) is 137 Å². The molecule has 14 heteroatoms. The Morgan fingerprint density at radius 1 is 0.877 bits per heavy atom. The number of H-pyrrole nitrogens is 1. The molecule has 1 unspecified atom stereocenters. The average Bonchev–Trinajstić information content (AvgIpc) is 4.09. The number of aromatic amines is 1. The first-order chi connectivity index (χ1) is 35.2. The number of methoxy groups -OCH3 is 3. The van der Waals surface area contributed by atoms with Crippen LogP contribution in [0.15, 0.2) is 72.8 Å². The molecular formula is C59H73N5O9. The van der Waals surface area contributed by atoms with Crippen molar-refractivity contribution < 1.29 is 43.2 Å². The van der Waals surface area contributed by atoms with E-state index in [1.807, 2.05) is 49.2 Å². The van der Waals surface area contributed by atoms with Gasteiger partial charge in [-0.2, -0.15) is 0 Å². The van der Waals surface area contributed by atoms with Crippen molar-refractivity contribution in [2.75, 3.05) is 66.0 Å². The third-order valence-corrected chi connectivity index (χ3v) is 19.3. The molecule has 4 fully saturated rings. The Bertz CT molecular complexity index is 2870. The molecule has 388 valence electrons. The minimum absolute atomic E-state index is 0.0946. The van der Waals surface area contributed by atoms with E-state index in [4.69, 9.17) is 18.9 Å². The van der Waals surface area contributed by atoms with Crippen LogP contribution in [0, 0.1) is 11.3 Å². The maximum Gasteiger partial charge on any atom is 0.344 e. The first-order valence-electron chi connectivity index (χ1n) is 26.9. The Morgan fingerprint density at radius 2 is 1.63 bits per heavy atom. The van der Waals surface area contributed by atoms with E-state index in [9.17, 15) is 19.5 Å². The van der Waals surface area contributed by atoms with Crippen molar-refractivity contribution in [1.29, 1.82) is 0 Å². The summed E-state index contributed by atoms with van der Waals surface area (Å²) < 4.78 is 24.4. The van der Waals surface area contributed by atoms with Gasteiger partial charge in [-0.25, -0.2) is 4.79 Å². The third kappa shape index (κ3) is 7.19. The fraction of sp³-hybridized carbons (Fsp3) is 0.559. The van der Waals surface area contributed by atoms with Crippen molar-refractivity contribution in [3.05, 3.63) is 106 Å². The molecule has 4 aromatic rings. The first-order valence-corrected chi connectivity index (χ1v) is 26.9. The van der Waals surface area contributed by atoms with E-state index >= 15 is 4.79 Å². The highest BCUT2D eigenvalue weighted by atomic mass is 16.6. The van der Waals surface area contributed by atoms with Gasteiger partial charge in [-0.3, -0.25) is 19.3 Å². The number of fused-ring (bicyclic) bond motifs is 6. The number of hydrogen-bond acceptors (Lipinski definition) is 12. The second-order valence-corrected chi connectivity index (χ2v) is 22.7. The normalized spacial score (nSPS) is 33.5. The van der Waals surface area contributed by atoms with Crippen LogP contribution < -0.4 is 15.0 Å². The van der Waals surface area contributed by atoms with Crippen LogP contribution in [-0.4, -0.2) is 134 Å². The molecule has 1 spiro atoms. The molecule has 5 aliphatic heterocycles. The van der Waals surface area contributed by atoms with Crippen molar-refractivity contribution in [3.63, 3.8) is 0 Å². The average molecular weight is 996 g/mol. The number of aromatic nitrogens is 1. The van der Waals surface area contributed by atoms with Crippen LogP contribution >= 0.6 is 0 Å². The lowest BCUT2D eigenvalue weighted by Crippen LogP contribution is -2.81. The second kappa shape index (κ2) is 18.3. The van der Waals surface area contributed by atoms with Crippen molar-refractivity contribution in [3.8, 4) is 5.75 Å². The van der Waals surface area contributed by atoms with Gasteiger partial charge < -0.3 is 44.2 Å². The molecule has 7 aliphatic rings. The van der Waals surface area contributed by atoms with Crippen LogP contribution in [0.1, 0.15) is 129 Å². The minimum Gasteiger partial charge on any atom is -0.496 e. The molecule has 11 rings (SSSR count). The Balaban J connectivity index is 1.09. The number of piperidine rings is 1. The zero-order valence-corrected chi connectivity index (χ0v) is 43.7. The predicted octanol–water partition coefficient (Wildman–Crippen LogP) is 7.48. The van der Waals surface area contributed by atoms with Crippen LogP contribution in [0.2, 0.25) is 0 Å². The number of hydrogen-bond donors (Lipinski definition) is 3. The quantitative estimate of drug-likeness (QED) is 0.0818. The van der Waals surface area contributed by atoms with Crippen molar-refractivity contribution in [2.24, 2.45) is 11.3 Å². The van der Waals surface area contributed by atoms with Gasteiger partial charge >= 0.3 is 17.9 Å². The first kappa shape index (κ1) is 49.5. The van der Waals surface area contributed by atoms with Crippen LogP contribution in [0.3, 0.4) is 0 Å². The molecule has 2 saturated carbocycles. The molecule has 2 aliphatic carbocycles. The van der Waals surface area contributed by atoms with E-state index in [0.717, 1.165) is 33.4 Å². The van der Waals surface area contributed by atoms with Gasteiger partial charge in [-0.1, -0.05) is 75.6 Å². The summed E-state index contributed by atoms with van der Waals surface area (Å²) in [5, 5.41) is 18.1. The fourth-order valence-electron chi connectivity index (χ4n) is 16.4. The van der Waals surface area contributed by atoms with E-state index in [0.29, 0.717) is 94.0 Å². The summed E-state index contributed by atoms with van der Waals surface area (Å²) in [5.74, 6) is -1.15. The summed E-state index contributed by atoms with van der Waals surface area (Å²) in [6, 6.07) is 19.3. The summed E-state index contributed by atoms with van der Waals surface area (Å²) in [5.41, 5.74) is 0.490. The molecule has 2 bridgehead atoms. The number of aliphatic hydroxyl groups is 1. The number of esters is 3. The number of carbonyl (C=O) groups is 4. The topological polar surface area (TPSA) is 163 Å². The van der Waals surface area contributed by atoms with E-state index in [2.05, 4.69) is 69.5 Å². The Hall–Kier alpha value is -5.70. The zero-order chi connectivity index (χ0) is 51.2.